The molecule has 2 aliphatic heterocycles. The highest BCUT2D eigenvalue weighted by Gasteiger charge is 2.46. The van der Waals surface area contributed by atoms with Gasteiger partial charge in [-0.1, -0.05) is 19.8 Å². The normalized spacial score (nSPS) is 23.6. The minimum absolute atomic E-state index is 0.0769. The van der Waals surface area contributed by atoms with Gasteiger partial charge in [-0.3, -0.25) is 9.59 Å². The Morgan fingerprint density at radius 3 is 2.63 bits per heavy atom. The van der Waals surface area contributed by atoms with Gasteiger partial charge in [-0.2, -0.15) is 0 Å². The number of amides is 1. The predicted molar refractivity (Wildman–Crippen MR) is 151 cm³/mol. The number of nitrogens with one attached hydrogen (secondary N) is 1. The average Bonchev–Trinajstić information content (AvgIpc) is 3.60. The number of cyclic esters (lactones) is 1. The molecule has 4 heterocycles. The number of carbonyl (C=O) groups is 2. The maximum atomic E-state index is 13.8. The number of aryl methyl sites for hydroxylation is 2. The summed E-state index contributed by atoms with van der Waals surface area (Å²) in [6.07, 6.45) is 4.77. The first kappa shape index (κ1) is 26.3. The van der Waals surface area contributed by atoms with Crippen LogP contribution in [0.2, 0.25) is 0 Å². The first-order chi connectivity index (χ1) is 19.6. The van der Waals surface area contributed by atoms with E-state index in [1.165, 1.54) is 11.1 Å². The Labute approximate surface area is 237 Å². The van der Waals surface area contributed by atoms with Gasteiger partial charge in [0.1, 0.15) is 6.61 Å². The summed E-state index contributed by atoms with van der Waals surface area (Å²) in [5.41, 5.74) is 5.02. The van der Waals surface area contributed by atoms with Gasteiger partial charge in [-0.15, -0.1) is 0 Å². The topological polar surface area (TPSA) is 131 Å². The van der Waals surface area contributed by atoms with E-state index in [2.05, 4.69) is 25.2 Å². The molecule has 2 atom stereocenters. The van der Waals surface area contributed by atoms with E-state index in [4.69, 9.17) is 9.72 Å². The van der Waals surface area contributed by atoms with Crippen molar-refractivity contribution < 1.29 is 24.5 Å². The molecule has 1 amide bonds. The summed E-state index contributed by atoms with van der Waals surface area (Å²) in [7, 11) is 0. The number of aliphatic hydroxyl groups is 2. The lowest BCUT2D eigenvalue weighted by Gasteiger charge is -2.33. The number of hydrogen-bond acceptors (Lipinski definition) is 7. The second-order valence-electron chi connectivity index (χ2n) is 12.4. The van der Waals surface area contributed by atoms with Crippen LogP contribution in [0.1, 0.15) is 90.4 Å². The molecule has 2 aliphatic carbocycles. The zero-order valence-corrected chi connectivity index (χ0v) is 23.7. The highest BCUT2D eigenvalue weighted by molar-refractivity contribution is 5.94. The third kappa shape index (κ3) is 3.48. The van der Waals surface area contributed by atoms with Crippen molar-refractivity contribution in [1.82, 2.24) is 14.9 Å². The molecule has 9 nitrogen and oxygen atoms in total. The van der Waals surface area contributed by atoms with Gasteiger partial charge in [-0.25, -0.2) is 9.78 Å². The molecule has 4 aliphatic rings. The van der Waals surface area contributed by atoms with Gasteiger partial charge in [0.05, 0.1) is 47.1 Å². The number of rotatable bonds is 4. The molecule has 214 valence electrons. The van der Waals surface area contributed by atoms with Crippen molar-refractivity contribution in [3.63, 3.8) is 0 Å². The third-order valence-electron chi connectivity index (χ3n) is 10.4. The van der Waals surface area contributed by atoms with Crippen molar-refractivity contribution in [2.24, 2.45) is 5.41 Å². The largest absolute Gasteiger partial charge is 0.458 e. The molecule has 0 saturated heterocycles. The highest BCUT2D eigenvalue weighted by Crippen LogP contribution is 2.47. The highest BCUT2D eigenvalue weighted by atomic mass is 16.6. The fourth-order valence-corrected chi connectivity index (χ4v) is 7.70. The van der Waals surface area contributed by atoms with E-state index < -0.39 is 17.0 Å². The second-order valence-corrected chi connectivity index (χ2v) is 12.4. The number of benzene rings is 1. The van der Waals surface area contributed by atoms with E-state index >= 15 is 0 Å². The van der Waals surface area contributed by atoms with Crippen LogP contribution in [0.15, 0.2) is 16.9 Å². The van der Waals surface area contributed by atoms with Crippen LogP contribution < -0.4 is 10.9 Å². The van der Waals surface area contributed by atoms with Gasteiger partial charge in [0.25, 0.3) is 5.56 Å². The van der Waals surface area contributed by atoms with Crippen molar-refractivity contribution >= 4 is 22.8 Å². The molecule has 0 unspecified atom stereocenters. The van der Waals surface area contributed by atoms with E-state index in [9.17, 15) is 24.6 Å². The Morgan fingerprint density at radius 1 is 1.17 bits per heavy atom. The molecule has 0 radical (unpaired) electrons. The van der Waals surface area contributed by atoms with Crippen molar-refractivity contribution in [3.8, 4) is 11.4 Å². The molecule has 1 fully saturated rings. The number of pyridine rings is 2. The van der Waals surface area contributed by atoms with Gasteiger partial charge in [-0.05, 0) is 80.3 Å². The lowest BCUT2D eigenvalue weighted by molar-refractivity contribution is -0.172. The minimum Gasteiger partial charge on any atom is -0.458 e. The molecule has 2 aromatic heterocycles. The quantitative estimate of drug-likeness (QED) is 0.328. The summed E-state index contributed by atoms with van der Waals surface area (Å²) in [4.78, 5) is 45.2. The number of carbonyl (C=O) groups excluding carboxylic acids is 2. The fraction of sp³-hybridized carbons (Fsp3) is 0.500. The molecule has 7 rings (SSSR count). The Kier molecular flexibility index (Phi) is 5.76. The monoisotopic (exact) mass is 557 g/mol. The van der Waals surface area contributed by atoms with Crippen molar-refractivity contribution in [1.29, 1.82) is 0 Å². The van der Waals surface area contributed by atoms with Crippen molar-refractivity contribution in [3.05, 3.63) is 61.4 Å². The lowest BCUT2D eigenvalue weighted by Crippen LogP contribution is -2.44. The van der Waals surface area contributed by atoms with Gasteiger partial charge >= 0.3 is 5.97 Å². The molecule has 9 heteroatoms. The fourth-order valence-electron chi connectivity index (χ4n) is 7.70. The van der Waals surface area contributed by atoms with Gasteiger partial charge in [0.2, 0.25) is 5.91 Å². The molecular weight excluding hydrogens is 522 g/mol. The van der Waals surface area contributed by atoms with E-state index in [1.54, 1.807) is 17.6 Å². The molecule has 0 spiro atoms. The summed E-state index contributed by atoms with van der Waals surface area (Å²) in [6, 6.07) is 3.50. The van der Waals surface area contributed by atoms with Gasteiger partial charge in [0, 0.05) is 16.5 Å². The molecule has 41 heavy (non-hydrogen) atoms. The van der Waals surface area contributed by atoms with E-state index in [0.717, 1.165) is 46.9 Å². The molecular formula is C32H35N3O6. The van der Waals surface area contributed by atoms with Gasteiger partial charge in [0.15, 0.2) is 5.60 Å². The summed E-state index contributed by atoms with van der Waals surface area (Å²) in [5, 5.41) is 25.8. The number of fused-ring (bicyclic) bond motifs is 5. The standard InChI is InChI=1S/C32H35N3O6/c1-4-32(40)21-12-24-27-19(13-35(24)28(37)20(21)14-41-30(32)39)26-22(34-29(38)31(15-36)9-5-6-10-31)8-7-18-17(3)16(2)11-23(33-27)25(18)26/h11-12,22,36,40H,4-10,13-15H2,1-3H3,(H,34,38)/t22-,32-/m0/s1. The van der Waals surface area contributed by atoms with Crippen molar-refractivity contribution in [2.75, 3.05) is 6.61 Å². The number of aliphatic hydroxyl groups excluding tert-OH is 1. The van der Waals surface area contributed by atoms with Crippen LogP contribution >= 0.6 is 0 Å². The van der Waals surface area contributed by atoms with E-state index in [-0.39, 0.29) is 54.8 Å². The number of ether oxygens (including phenoxy) is 1. The average molecular weight is 558 g/mol. The van der Waals surface area contributed by atoms with Gasteiger partial charge < -0.3 is 24.8 Å². The first-order valence-electron chi connectivity index (χ1n) is 14.7. The SMILES string of the molecule is CC[C@@]1(O)C(=O)OCc2c1cc1n(c2=O)Cc2c-1nc1cc(C)c(C)c3c1c2[C@@H](NC(=O)C1(CO)CCCC1)CC3. The summed E-state index contributed by atoms with van der Waals surface area (Å²) < 4.78 is 6.88. The maximum Gasteiger partial charge on any atom is 0.343 e. The molecule has 1 aromatic carbocycles. The molecule has 0 bridgehead atoms. The van der Waals surface area contributed by atoms with Crippen molar-refractivity contribution in [2.45, 2.75) is 90.5 Å². The van der Waals surface area contributed by atoms with Crippen LogP contribution in [0.5, 0.6) is 0 Å². The lowest BCUT2D eigenvalue weighted by atomic mass is 9.79. The predicted octanol–water partition coefficient (Wildman–Crippen LogP) is 3.35. The van der Waals surface area contributed by atoms with Crippen LogP contribution in [0.4, 0.5) is 0 Å². The Hall–Kier alpha value is -3.56. The summed E-state index contributed by atoms with van der Waals surface area (Å²) >= 11 is 0. The molecule has 1 saturated carbocycles. The molecule has 3 N–H and O–H groups in total. The third-order valence-corrected chi connectivity index (χ3v) is 10.4. The first-order valence-corrected chi connectivity index (χ1v) is 14.7. The zero-order chi connectivity index (χ0) is 28.8. The van der Waals surface area contributed by atoms with E-state index in [1.807, 2.05) is 0 Å². The minimum atomic E-state index is -1.90. The van der Waals surface area contributed by atoms with Crippen LogP contribution in [0, 0.1) is 19.3 Å². The number of aromatic nitrogens is 2. The smallest absolute Gasteiger partial charge is 0.343 e. The number of nitrogens with zero attached hydrogens (tertiary/aromatic N) is 2. The van der Waals surface area contributed by atoms with Crippen LogP contribution in [0.25, 0.3) is 22.3 Å². The second kappa shape index (κ2) is 8.97. The summed E-state index contributed by atoms with van der Waals surface area (Å²) in [5.74, 6) is -0.861. The van der Waals surface area contributed by atoms with E-state index in [0.29, 0.717) is 30.7 Å². The van der Waals surface area contributed by atoms with Crippen LogP contribution in [-0.2, 0) is 39.5 Å². The van der Waals surface area contributed by atoms with Crippen LogP contribution in [0.3, 0.4) is 0 Å². The number of esters is 1. The maximum absolute atomic E-state index is 13.8. The molecule has 3 aromatic rings. The zero-order valence-electron chi connectivity index (χ0n) is 23.7. The Morgan fingerprint density at radius 2 is 1.93 bits per heavy atom. The number of hydrogen-bond donors (Lipinski definition) is 3. The van der Waals surface area contributed by atoms with Crippen LogP contribution in [-0.4, -0.2) is 38.2 Å². The summed E-state index contributed by atoms with van der Waals surface area (Å²) in [6.45, 7) is 5.80. The Bertz CT molecular complexity index is 1730. The Balaban J connectivity index is 1.45.